The van der Waals surface area contributed by atoms with Gasteiger partial charge in [0, 0.05) is 23.5 Å². The number of halogens is 1. The van der Waals surface area contributed by atoms with Crippen LogP contribution in [0.2, 0.25) is 0 Å². The van der Waals surface area contributed by atoms with Gasteiger partial charge >= 0.3 is 6.09 Å². The summed E-state index contributed by atoms with van der Waals surface area (Å²) in [5, 5.41) is 10.4. The third-order valence-electron chi connectivity index (χ3n) is 3.75. The van der Waals surface area contributed by atoms with Crippen LogP contribution in [-0.2, 0) is 11.2 Å². The van der Waals surface area contributed by atoms with Gasteiger partial charge in [0.1, 0.15) is 5.60 Å². The Morgan fingerprint density at radius 1 is 1.50 bits per heavy atom. The molecular formula is C17H24BrNO3. The Morgan fingerprint density at radius 3 is 2.86 bits per heavy atom. The van der Waals surface area contributed by atoms with Gasteiger partial charge in [-0.1, -0.05) is 28.1 Å². The minimum absolute atomic E-state index is 0.103. The molecule has 0 bridgehead atoms. The molecule has 1 aliphatic rings. The SMILES string of the molecule is CC(C)(C)OC(=O)N1CCC(C(O)Cc2cccc(Br)c2)C1. The topological polar surface area (TPSA) is 49.8 Å². The van der Waals surface area contributed by atoms with E-state index in [1.165, 1.54) is 0 Å². The predicted octanol–water partition coefficient (Wildman–Crippen LogP) is 3.61. The highest BCUT2D eigenvalue weighted by Gasteiger charge is 2.33. The Morgan fingerprint density at radius 2 is 2.23 bits per heavy atom. The number of aliphatic hydroxyl groups is 1. The van der Waals surface area contributed by atoms with Crippen molar-refractivity contribution in [3.8, 4) is 0 Å². The van der Waals surface area contributed by atoms with Crippen LogP contribution in [0.5, 0.6) is 0 Å². The molecule has 1 saturated heterocycles. The number of likely N-dealkylation sites (tertiary alicyclic amines) is 1. The molecule has 2 rings (SSSR count). The van der Waals surface area contributed by atoms with Gasteiger partial charge in [0.15, 0.2) is 0 Å². The van der Waals surface area contributed by atoms with Gasteiger partial charge < -0.3 is 14.7 Å². The number of hydrogen-bond donors (Lipinski definition) is 1. The Labute approximate surface area is 140 Å². The largest absolute Gasteiger partial charge is 0.444 e. The summed E-state index contributed by atoms with van der Waals surface area (Å²) in [6.07, 6.45) is 0.687. The fraction of sp³-hybridized carbons (Fsp3) is 0.588. The zero-order valence-electron chi connectivity index (χ0n) is 13.4. The van der Waals surface area contributed by atoms with E-state index in [2.05, 4.69) is 15.9 Å². The lowest BCUT2D eigenvalue weighted by atomic mass is 9.95. The molecule has 0 aromatic heterocycles. The van der Waals surface area contributed by atoms with Crippen LogP contribution in [0, 0.1) is 5.92 Å². The van der Waals surface area contributed by atoms with E-state index in [0.29, 0.717) is 19.5 Å². The fourth-order valence-corrected chi connectivity index (χ4v) is 3.11. The number of ether oxygens (including phenoxy) is 1. The summed E-state index contributed by atoms with van der Waals surface area (Å²) in [5.41, 5.74) is 0.613. The van der Waals surface area contributed by atoms with Crippen LogP contribution in [0.4, 0.5) is 4.79 Å². The molecule has 0 saturated carbocycles. The molecule has 1 aromatic carbocycles. The van der Waals surface area contributed by atoms with E-state index < -0.39 is 11.7 Å². The van der Waals surface area contributed by atoms with Crippen LogP contribution >= 0.6 is 15.9 Å². The molecule has 1 N–H and O–H groups in total. The van der Waals surface area contributed by atoms with E-state index in [1.54, 1.807) is 4.90 Å². The van der Waals surface area contributed by atoms with Gasteiger partial charge in [-0.2, -0.15) is 0 Å². The number of nitrogens with zero attached hydrogens (tertiary/aromatic N) is 1. The second-order valence-electron chi connectivity index (χ2n) is 6.88. The van der Waals surface area contributed by atoms with Crippen molar-refractivity contribution in [2.24, 2.45) is 5.92 Å². The number of carbonyl (C=O) groups is 1. The van der Waals surface area contributed by atoms with Crippen molar-refractivity contribution in [2.75, 3.05) is 13.1 Å². The second-order valence-corrected chi connectivity index (χ2v) is 7.79. The van der Waals surface area contributed by atoms with Crippen molar-refractivity contribution >= 4 is 22.0 Å². The van der Waals surface area contributed by atoms with Crippen molar-refractivity contribution in [3.05, 3.63) is 34.3 Å². The van der Waals surface area contributed by atoms with Crippen molar-refractivity contribution in [2.45, 2.75) is 45.3 Å². The molecule has 0 radical (unpaired) electrons. The minimum Gasteiger partial charge on any atom is -0.444 e. The quantitative estimate of drug-likeness (QED) is 0.885. The van der Waals surface area contributed by atoms with Gasteiger partial charge in [-0.25, -0.2) is 4.79 Å². The molecule has 4 nitrogen and oxygen atoms in total. The van der Waals surface area contributed by atoms with Crippen LogP contribution in [0.15, 0.2) is 28.7 Å². The number of rotatable bonds is 3. The number of carbonyl (C=O) groups excluding carboxylic acids is 1. The number of hydrogen-bond acceptors (Lipinski definition) is 3. The number of amides is 1. The summed E-state index contributed by atoms with van der Waals surface area (Å²) in [4.78, 5) is 13.7. The zero-order valence-corrected chi connectivity index (χ0v) is 15.0. The molecule has 2 atom stereocenters. The predicted molar refractivity (Wildman–Crippen MR) is 89.8 cm³/mol. The van der Waals surface area contributed by atoms with Gasteiger partial charge in [-0.3, -0.25) is 0 Å². The Balaban J connectivity index is 1.88. The zero-order chi connectivity index (χ0) is 16.3. The van der Waals surface area contributed by atoms with Gasteiger partial charge in [-0.05, 0) is 51.3 Å². The molecule has 1 heterocycles. The smallest absolute Gasteiger partial charge is 0.410 e. The van der Waals surface area contributed by atoms with E-state index in [1.807, 2.05) is 45.0 Å². The third-order valence-corrected chi connectivity index (χ3v) is 4.25. The van der Waals surface area contributed by atoms with E-state index >= 15 is 0 Å². The van der Waals surface area contributed by atoms with Crippen LogP contribution in [0.1, 0.15) is 32.8 Å². The van der Waals surface area contributed by atoms with Crippen LogP contribution in [0.25, 0.3) is 0 Å². The van der Waals surface area contributed by atoms with Gasteiger partial charge in [0.05, 0.1) is 6.10 Å². The first-order valence-corrected chi connectivity index (χ1v) is 8.44. The van der Waals surface area contributed by atoms with Crippen molar-refractivity contribution in [1.29, 1.82) is 0 Å². The highest BCUT2D eigenvalue weighted by Crippen LogP contribution is 2.24. The summed E-state index contributed by atoms with van der Waals surface area (Å²) in [6, 6.07) is 7.96. The first kappa shape index (κ1) is 17.3. The van der Waals surface area contributed by atoms with E-state index in [-0.39, 0.29) is 12.0 Å². The highest BCUT2D eigenvalue weighted by molar-refractivity contribution is 9.10. The van der Waals surface area contributed by atoms with Gasteiger partial charge in [0.2, 0.25) is 0 Å². The van der Waals surface area contributed by atoms with E-state index in [9.17, 15) is 9.90 Å². The van der Waals surface area contributed by atoms with Crippen molar-refractivity contribution in [1.82, 2.24) is 4.90 Å². The molecule has 0 aliphatic carbocycles. The van der Waals surface area contributed by atoms with Crippen molar-refractivity contribution in [3.63, 3.8) is 0 Å². The molecule has 122 valence electrons. The highest BCUT2D eigenvalue weighted by atomic mass is 79.9. The first-order chi connectivity index (χ1) is 10.2. The van der Waals surface area contributed by atoms with E-state index in [0.717, 1.165) is 16.5 Å². The van der Waals surface area contributed by atoms with Gasteiger partial charge in [0.25, 0.3) is 0 Å². The fourth-order valence-electron chi connectivity index (χ4n) is 2.67. The lowest BCUT2D eigenvalue weighted by molar-refractivity contribution is 0.0269. The van der Waals surface area contributed by atoms with Gasteiger partial charge in [-0.15, -0.1) is 0 Å². The average molecular weight is 370 g/mol. The molecule has 1 aromatic rings. The lowest BCUT2D eigenvalue weighted by Crippen LogP contribution is -2.36. The average Bonchev–Trinajstić information content (AvgIpc) is 2.86. The Hall–Kier alpha value is -1.07. The molecule has 5 heteroatoms. The first-order valence-electron chi connectivity index (χ1n) is 7.65. The minimum atomic E-state index is -0.482. The van der Waals surface area contributed by atoms with Crippen LogP contribution in [-0.4, -0.2) is 40.9 Å². The number of aliphatic hydroxyl groups excluding tert-OH is 1. The second kappa shape index (κ2) is 7.01. The molecule has 1 aliphatic heterocycles. The summed E-state index contributed by atoms with van der Waals surface area (Å²) < 4.78 is 6.40. The summed E-state index contributed by atoms with van der Waals surface area (Å²) in [7, 11) is 0. The molecular weight excluding hydrogens is 346 g/mol. The molecule has 1 fully saturated rings. The maximum absolute atomic E-state index is 12.0. The Kier molecular flexibility index (Phi) is 5.50. The summed E-state index contributed by atoms with van der Waals surface area (Å²) in [6.45, 7) is 6.79. The number of benzene rings is 1. The molecule has 0 spiro atoms. The maximum atomic E-state index is 12.0. The summed E-state index contributed by atoms with van der Waals surface area (Å²) in [5.74, 6) is 0.103. The lowest BCUT2D eigenvalue weighted by Gasteiger charge is -2.25. The van der Waals surface area contributed by atoms with Crippen molar-refractivity contribution < 1.29 is 14.6 Å². The Bertz CT molecular complexity index is 527. The molecule has 1 amide bonds. The van der Waals surface area contributed by atoms with E-state index in [4.69, 9.17) is 4.74 Å². The van der Waals surface area contributed by atoms with Crippen LogP contribution < -0.4 is 0 Å². The standard InChI is InChI=1S/C17H24BrNO3/c1-17(2,3)22-16(21)19-8-7-13(11-19)15(20)10-12-5-4-6-14(18)9-12/h4-6,9,13,15,20H,7-8,10-11H2,1-3H3. The maximum Gasteiger partial charge on any atom is 0.410 e. The molecule has 2 unspecified atom stereocenters. The molecule has 22 heavy (non-hydrogen) atoms. The van der Waals surface area contributed by atoms with Crippen LogP contribution in [0.3, 0.4) is 0 Å². The normalized spacial score (nSPS) is 20.0. The monoisotopic (exact) mass is 369 g/mol. The summed E-state index contributed by atoms with van der Waals surface area (Å²) >= 11 is 3.44. The third kappa shape index (κ3) is 4.99.